The topological polar surface area (TPSA) is 84.9 Å². The van der Waals surface area contributed by atoms with Gasteiger partial charge in [-0.25, -0.2) is 4.79 Å². The van der Waals surface area contributed by atoms with Crippen molar-refractivity contribution in [3.63, 3.8) is 0 Å². The zero-order valence-corrected chi connectivity index (χ0v) is 22.4. The summed E-state index contributed by atoms with van der Waals surface area (Å²) in [4.78, 5) is 42.6. The van der Waals surface area contributed by atoms with Crippen LogP contribution >= 0.6 is 22.9 Å². The molecule has 1 aliphatic heterocycles. The number of ketones is 1. The molecule has 184 valence electrons. The summed E-state index contributed by atoms with van der Waals surface area (Å²) in [6, 6.07) is 6.63. The zero-order valence-electron chi connectivity index (χ0n) is 20.8. The predicted octanol–water partition coefficient (Wildman–Crippen LogP) is 5.81. The van der Waals surface area contributed by atoms with E-state index in [1.807, 2.05) is 34.6 Å². The van der Waals surface area contributed by atoms with Gasteiger partial charge in [-0.1, -0.05) is 32.4 Å². The minimum Gasteiger partial charge on any atom is -0.453 e. The maximum Gasteiger partial charge on any atom is 0.412 e. The molecular formula is C25H31ClN2O5S. The highest BCUT2D eigenvalue weighted by Gasteiger charge is 2.64. The second-order valence-electron chi connectivity index (χ2n) is 9.93. The van der Waals surface area contributed by atoms with Gasteiger partial charge in [0.2, 0.25) is 0 Å². The number of thiophene rings is 1. The fourth-order valence-electron chi connectivity index (χ4n) is 4.34. The molecule has 1 atom stereocenters. The van der Waals surface area contributed by atoms with Crippen LogP contribution in [-0.2, 0) is 14.3 Å². The molecule has 1 N–H and O–H groups in total. The van der Waals surface area contributed by atoms with Gasteiger partial charge in [0.15, 0.2) is 11.3 Å². The van der Waals surface area contributed by atoms with Gasteiger partial charge in [-0.05, 0) is 62.9 Å². The lowest BCUT2D eigenvalue weighted by Crippen LogP contribution is -2.67. The standard InChI is InChI=1S/C25H31ClN2O5S/c1-14-15(2)34-20(18(14)19(29)16-9-11-17(26)12-10-16)27-21(30)25(23(3,4)5)13-33-24(6,7)28(25)22(31)32-8/h9-12H,13H2,1-8H3,(H,27,30)/t25-/m0/s1. The van der Waals surface area contributed by atoms with Crippen LogP contribution in [0.5, 0.6) is 0 Å². The number of nitrogens with zero attached hydrogens (tertiary/aromatic N) is 1. The maximum atomic E-state index is 14.0. The van der Waals surface area contributed by atoms with Crippen LogP contribution in [-0.4, -0.2) is 47.7 Å². The van der Waals surface area contributed by atoms with Gasteiger partial charge in [0.25, 0.3) is 5.91 Å². The third-order valence-electron chi connectivity index (χ3n) is 6.47. The Labute approximate surface area is 209 Å². The number of hydrogen-bond acceptors (Lipinski definition) is 6. The van der Waals surface area contributed by atoms with Crippen molar-refractivity contribution in [3.8, 4) is 0 Å². The molecular weight excluding hydrogens is 476 g/mol. The van der Waals surface area contributed by atoms with Crippen molar-refractivity contribution in [1.82, 2.24) is 4.90 Å². The van der Waals surface area contributed by atoms with Gasteiger partial charge in [0.05, 0.1) is 19.3 Å². The number of hydrogen-bond donors (Lipinski definition) is 1. The fourth-order valence-corrected chi connectivity index (χ4v) is 5.52. The number of aryl methyl sites for hydroxylation is 1. The first kappa shape index (κ1) is 26.2. The number of rotatable bonds is 4. The van der Waals surface area contributed by atoms with Crippen molar-refractivity contribution in [1.29, 1.82) is 0 Å². The normalized spacial score (nSPS) is 19.7. The third-order valence-corrected chi connectivity index (χ3v) is 7.85. The molecule has 1 saturated heterocycles. The lowest BCUT2D eigenvalue weighted by molar-refractivity contribution is -0.134. The van der Waals surface area contributed by atoms with Crippen LogP contribution in [0.4, 0.5) is 9.80 Å². The van der Waals surface area contributed by atoms with Crippen molar-refractivity contribution in [2.45, 2.75) is 59.7 Å². The number of ether oxygens (including phenoxy) is 2. The van der Waals surface area contributed by atoms with Crippen LogP contribution in [0.1, 0.15) is 61.0 Å². The average Bonchev–Trinajstić information content (AvgIpc) is 3.20. The molecule has 7 nitrogen and oxygen atoms in total. The molecule has 2 heterocycles. The number of methoxy groups -OCH3 is 1. The van der Waals surface area contributed by atoms with Gasteiger partial charge in [-0.3, -0.25) is 14.5 Å². The highest BCUT2D eigenvalue weighted by Crippen LogP contribution is 2.47. The monoisotopic (exact) mass is 506 g/mol. The Morgan fingerprint density at radius 1 is 1.15 bits per heavy atom. The molecule has 9 heteroatoms. The van der Waals surface area contributed by atoms with E-state index >= 15 is 0 Å². The smallest absolute Gasteiger partial charge is 0.412 e. The van der Waals surface area contributed by atoms with E-state index in [-0.39, 0.29) is 12.4 Å². The van der Waals surface area contributed by atoms with E-state index in [2.05, 4.69) is 5.32 Å². The lowest BCUT2D eigenvalue weighted by atomic mass is 9.72. The van der Waals surface area contributed by atoms with Crippen molar-refractivity contribution in [2.24, 2.45) is 5.41 Å². The Hall–Kier alpha value is -2.42. The molecule has 3 rings (SSSR count). The van der Waals surface area contributed by atoms with Crippen LogP contribution in [0, 0.1) is 19.3 Å². The molecule has 0 bridgehead atoms. The molecule has 1 fully saturated rings. The van der Waals surface area contributed by atoms with E-state index in [1.54, 1.807) is 38.1 Å². The van der Waals surface area contributed by atoms with Gasteiger partial charge >= 0.3 is 6.09 Å². The van der Waals surface area contributed by atoms with Crippen LogP contribution in [0.25, 0.3) is 0 Å². The largest absolute Gasteiger partial charge is 0.453 e. The second-order valence-corrected chi connectivity index (χ2v) is 11.6. The summed E-state index contributed by atoms with van der Waals surface area (Å²) in [7, 11) is 1.27. The Morgan fingerprint density at radius 2 is 1.74 bits per heavy atom. The van der Waals surface area contributed by atoms with Gasteiger partial charge in [0.1, 0.15) is 10.7 Å². The van der Waals surface area contributed by atoms with Crippen molar-refractivity contribution in [2.75, 3.05) is 19.0 Å². The third kappa shape index (κ3) is 4.23. The number of carbonyl (C=O) groups excluding carboxylic acids is 3. The molecule has 0 unspecified atom stereocenters. The summed E-state index contributed by atoms with van der Waals surface area (Å²) in [5.41, 5.74) is -1.49. The van der Waals surface area contributed by atoms with Gasteiger partial charge < -0.3 is 14.8 Å². The number of benzene rings is 1. The van der Waals surface area contributed by atoms with Crippen LogP contribution in [0.2, 0.25) is 5.02 Å². The molecule has 1 aromatic carbocycles. The van der Waals surface area contributed by atoms with E-state index in [9.17, 15) is 14.4 Å². The minimum absolute atomic E-state index is 0.0196. The van der Waals surface area contributed by atoms with E-state index < -0.39 is 28.7 Å². The first-order valence-electron chi connectivity index (χ1n) is 10.9. The second kappa shape index (κ2) is 8.98. The van der Waals surface area contributed by atoms with Crippen molar-refractivity contribution >= 4 is 45.7 Å². The summed E-state index contributed by atoms with van der Waals surface area (Å²) in [6.07, 6.45) is -0.663. The highest BCUT2D eigenvalue weighted by atomic mass is 35.5. The number of carbonyl (C=O) groups is 3. The Balaban J connectivity index is 2.09. The van der Waals surface area contributed by atoms with Gasteiger partial charge in [-0.2, -0.15) is 0 Å². The maximum absolute atomic E-state index is 14.0. The number of anilines is 1. The molecule has 34 heavy (non-hydrogen) atoms. The average molecular weight is 507 g/mol. The van der Waals surface area contributed by atoms with Crippen molar-refractivity contribution in [3.05, 3.63) is 50.9 Å². The van der Waals surface area contributed by atoms with Gasteiger partial charge in [-0.15, -0.1) is 11.3 Å². The van der Waals surface area contributed by atoms with Crippen LogP contribution < -0.4 is 5.32 Å². The number of nitrogens with one attached hydrogen (secondary N) is 1. The van der Waals surface area contributed by atoms with E-state index in [0.29, 0.717) is 21.2 Å². The number of amides is 2. The first-order valence-corrected chi connectivity index (χ1v) is 12.1. The summed E-state index contributed by atoms with van der Waals surface area (Å²) in [5.74, 6) is -0.658. The summed E-state index contributed by atoms with van der Waals surface area (Å²) in [5, 5.41) is 3.93. The van der Waals surface area contributed by atoms with Gasteiger partial charge in [0, 0.05) is 15.5 Å². The van der Waals surface area contributed by atoms with Crippen LogP contribution in [0.15, 0.2) is 24.3 Å². The molecule has 1 aromatic heterocycles. The molecule has 1 aliphatic rings. The summed E-state index contributed by atoms with van der Waals surface area (Å²) in [6.45, 7) is 12.8. The Bertz CT molecular complexity index is 1130. The Morgan fingerprint density at radius 3 is 2.26 bits per heavy atom. The summed E-state index contributed by atoms with van der Waals surface area (Å²) >= 11 is 7.31. The van der Waals surface area contributed by atoms with Crippen molar-refractivity contribution < 1.29 is 23.9 Å². The first-order chi connectivity index (χ1) is 15.7. The van der Waals surface area contributed by atoms with Crippen LogP contribution in [0.3, 0.4) is 0 Å². The molecule has 0 aliphatic carbocycles. The Kier molecular flexibility index (Phi) is 6.92. The summed E-state index contributed by atoms with van der Waals surface area (Å²) < 4.78 is 11.0. The number of halogens is 1. The minimum atomic E-state index is -1.38. The SMILES string of the molecule is COC(=O)N1C(C)(C)OC[C@]1(C(=O)Nc1sc(C)c(C)c1C(=O)c1ccc(Cl)cc1)C(C)(C)C. The zero-order chi connectivity index (χ0) is 25.6. The van der Waals surface area contributed by atoms with E-state index in [4.69, 9.17) is 21.1 Å². The van der Waals surface area contributed by atoms with E-state index in [1.165, 1.54) is 23.3 Å². The molecule has 0 radical (unpaired) electrons. The molecule has 0 saturated carbocycles. The van der Waals surface area contributed by atoms with E-state index in [0.717, 1.165) is 10.4 Å². The predicted molar refractivity (Wildman–Crippen MR) is 134 cm³/mol. The highest BCUT2D eigenvalue weighted by molar-refractivity contribution is 7.16. The molecule has 0 spiro atoms. The molecule has 2 amide bonds. The fraction of sp³-hybridized carbons (Fsp3) is 0.480. The quantitative estimate of drug-likeness (QED) is 0.529. The lowest BCUT2D eigenvalue weighted by Gasteiger charge is -2.46. The molecule has 2 aromatic rings.